The molecule has 1 amide bonds. The summed E-state index contributed by atoms with van der Waals surface area (Å²) in [6.45, 7) is 8.28. The van der Waals surface area contributed by atoms with Crippen molar-refractivity contribution in [1.82, 2.24) is 10.6 Å². The minimum Gasteiger partial charge on any atom is -0.468 e. The van der Waals surface area contributed by atoms with Crippen LogP contribution in [0.3, 0.4) is 0 Å². The van der Waals surface area contributed by atoms with Gasteiger partial charge in [0.2, 0.25) is 0 Å². The Balaban J connectivity index is 2.80. The molecule has 10 nitrogen and oxygen atoms in total. The van der Waals surface area contributed by atoms with E-state index in [0.29, 0.717) is 6.54 Å². The normalized spacial score (nSPS) is 12.6. The zero-order chi connectivity index (χ0) is 24.9. The number of hydrogen-bond donors (Lipinski definition) is 2. The van der Waals surface area contributed by atoms with Gasteiger partial charge in [-0.05, 0) is 26.3 Å². The van der Waals surface area contributed by atoms with E-state index in [1.807, 2.05) is 30.3 Å². The van der Waals surface area contributed by atoms with E-state index in [4.69, 9.17) is 18.9 Å². The van der Waals surface area contributed by atoms with Crippen molar-refractivity contribution in [3.05, 3.63) is 48.6 Å². The first-order chi connectivity index (χ1) is 15.6. The van der Waals surface area contributed by atoms with Crippen LogP contribution in [0.5, 0.6) is 0 Å². The number of nitrogens with one attached hydrogen (secondary N) is 2. The molecule has 1 rings (SSSR count). The lowest BCUT2D eigenvalue weighted by Gasteiger charge is -2.23. The fourth-order valence-corrected chi connectivity index (χ4v) is 2.48. The maximum atomic E-state index is 12.6. The molecule has 0 heterocycles. The van der Waals surface area contributed by atoms with E-state index in [0.717, 1.165) is 5.56 Å². The molecule has 0 aliphatic heterocycles. The number of alkyl carbamates (subject to hydrolysis) is 1. The molecule has 10 heteroatoms. The Bertz CT molecular complexity index is 804. The van der Waals surface area contributed by atoms with Gasteiger partial charge >= 0.3 is 24.0 Å². The van der Waals surface area contributed by atoms with Gasteiger partial charge in [-0.15, -0.1) is 0 Å². The smallest absolute Gasteiger partial charge is 0.408 e. The van der Waals surface area contributed by atoms with Crippen molar-refractivity contribution in [3.8, 4) is 0 Å². The van der Waals surface area contributed by atoms with Gasteiger partial charge in [-0.25, -0.2) is 9.59 Å². The van der Waals surface area contributed by atoms with Gasteiger partial charge in [-0.3, -0.25) is 14.9 Å². The van der Waals surface area contributed by atoms with Crippen molar-refractivity contribution in [3.63, 3.8) is 0 Å². The summed E-state index contributed by atoms with van der Waals surface area (Å²) in [4.78, 5) is 48.8. The predicted molar refractivity (Wildman–Crippen MR) is 119 cm³/mol. The van der Waals surface area contributed by atoms with Crippen molar-refractivity contribution in [2.75, 3.05) is 20.3 Å². The van der Waals surface area contributed by atoms with Crippen LogP contribution in [0.1, 0.15) is 32.8 Å². The number of hydrogen-bond acceptors (Lipinski definition) is 9. The van der Waals surface area contributed by atoms with Gasteiger partial charge in [-0.1, -0.05) is 43.0 Å². The SMILES string of the molecule is C=CCOC(=O)CC(NC(=O)OC(C)(C)C)C(=O)OCC(NCc1ccccc1)C(=O)OC. The molecule has 1 aromatic rings. The fourth-order valence-electron chi connectivity index (χ4n) is 2.48. The fraction of sp³-hybridized carbons (Fsp3) is 0.478. The zero-order valence-corrected chi connectivity index (χ0v) is 19.4. The molecule has 0 aliphatic carbocycles. The number of esters is 3. The average molecular weight is 465 g/mol. The van der Waals surface area contributed by atoms with Crippen LogP contribution >= 0.6 is 0 Å². The second kappa shape index (κ2) is 13.9. The van der Waals surface area contributed by atoms with Crippen molar-refractivity contribution in [2.45, 2.75) is 51.4 Å². The number of amides is 1. The van der Waals surface area contributed by atoms with E-state index in [1.54, 1.807) is 20.8 Å². The minimum atomic E-state index is -1.38. The molecule has 2 atom stereocenters. The maximum absolute atomic E-state index is 12.6. The van der Waals surface area contributed by atoms with E-state index in [-0.39, 0.29) is 13.2 Å². The van der Waals surface area contributed by atoms with E-state index >= 15 is 0 Å². The highest BCUT2D eigenvalue weighted by atomic mass is 16.6. The molecule has 2 unspecified atom stereocenters. The van der Waals surface area contributed by atoms with E-state index in [9.17, 15) is 19.2 Å². The van der Waals surface area contributed by atoms with Gasteiger partial charge < -0.3 is 24.3 Å². The summed E-state index contributed by atoms with van der Waals surface area (Å²) < 4.78 is 20.0. The molecular formula is C23H32N2O8. The van der Waals surface area contributed by atoms with Crippen molar-refractivity contribution in [2.24, 2.45) is 0 Å². The first-order valence-electron chi connectivity index (χ1n) is 10.3. The van der Waals surface area contributed by atoms with Crippen molar-refractivity contribution in [1.29, 1.82) is 0 Å². The number of carbonyl (C=O) groups is 4. The first-order valence-corrected chi connectivity index (χ1v) is 10.3. The third kappa shape index (κ3) is 11.7. The monoisotopic (exact) mass is 464 g/mol. The Morgan fingerprint density at radius 3 is 2.27 bits per heavy atom. The number of rotatable bonds is 12. The first kappa shape index (κ1) is 27.6. The van der Waals surface area contributed by atoms with Gasteiger partial charge in [0.15, 0.2) is 0 Å². The molecule has 0 bridgehead atoms. The van der Waals surface area contributed by atoms with Crippen molar-refractivity contribution >= 4 is 24.0 Å². The van der Waals surface area contributed by atoms with Crippen LogP contribution in [0.25, 0.3) is 0 Å². The van der Waals surface area contributed by atoms with Crippen LogP contribution in [0.2, 0.25) is 0 Å². The summed E-state index contributed by atoms with van der Waals surface area (Å²) >= 11 is 0. The zero-order valence-electron chi connectivity index (χ0n) is 19.4. The summed E-state index contributed by atoms with van der Waals surface area (Å²) in [6, 6.07) is 6.94. The highest BCUT2D eigenvalue weighted by molar-refractivity contribution is 5.86. The van der Waals surface area contributed by atoms with Crippen LogP contribution in [0, 0.1) is 0 Å². The van der Waals surface area contributed by atoms with Crippen LogP contribution < -0.4 is 10.6 Å². The van der Waals surface area contributed by atoms with Crippen LogP contribution in [0.15, 0.2) is 43.0 Å². The number of ether oxygens (including phenoxy) is 4. The maximum Gasteiger partial charge on any atom is 0.408 e. The Hall–Kier alpha value is -3.40. The summed E-state index contributed by atoms with van der Waals surface area (Å²) in [5, 5.41) is 5.26. The standard InChI is InChI=1S/C23H32N2O8/c1-6-12-31-19(26)13-17(25-22(29)33-23(2,3)4)21(28)32-15-18(20(27)30-5)24-14-16-10-8-7-9-11-16/h6-11,17-18,24H,1,12-15H2,2-5H3,(H,25,29). The molecule has 0 aliphatic rings. The largest absolute Gasteiger partial charge is 0.468 e. The average Bonchev–Trinajstić information content (AvgIpc) is 2.76. The second-order valence-corrected chi connectivity index (χ2v) is 7.95. The van der Waals surface area contributed by atoms with E-state index < -0.39 is 48.1 Å². The molecule has 2 N–H and O–H groups in total. The summed E-state index contributed by atoms with van der Waals surface area (Å²) in [5.41, 5.74) is 0.0892. The van der Waals surface area contributed by atoms with Gasteiger partial charge in [0.25, 0.3) is 0 Å². The summed E-state index contributed by atoms with van der Waals surface area (Å²) in [5.74, 6) is -2.33. The molecule has 0 radical (unpaired) electrons. The number of carbonyl (C=O) groups excluding carboxylic acids is 4. The lowest BCUT2D eigenvalue weighted by atomic mass is 10.2. The molecule has 182 valence electrons. The molecule has 0 spiro atoms. The molecule has 0 fully saturated rings. The van der Waals surface area contributed by atoms with Gasteiger partial charge in [0, 0.05) is 6.54 Å². The molecule has 0 saturated heterocycles. The summed E-state index contributed by atoms with van der Waals surface area (Å²) in [6.07, 6.45) is -0.0364. The van der Waals surface area contributed by atoms with Gasteiger partial charge in [0.05, 0.1) is 13.5 Å². The number of methoxy groups -OCH3 is 1. The third-order valence-electron chi connectivity index (χ3n) is 3.98. The molecule has 0 saturated carbocycles. The lowest BCUT2D eigenvalue weighted by molar-refractivity contribution is -0.155. The van der Waals surface area contributed by atoms with E-state index in [1.165, 1.54) is 13.2 Å². The Kier molecular flexibility index (Phi) is 11.6. The second-order valence-electron chi connectivity index (χ2n) is 7.95. The minimum absolute atomic E-state index is 0.0547. The van der Waals surface area contributed by atoms with Gasteiger partial charge in [-0.2, -0.15) is 0 Å². The Morgan fingerprint density at radius 1 is 1.03 bits per heavy atom. The van der Waals surface area contributed by atoms with Crippen LogP contribution in [0.4, 0.5) is 4.79 Å². The number of benzene rings is 1. The highest BCUT2D eigenvalue weighted by Gasteiger charge is 2.30. The quantitative estimate of drug-likeness (QED) is 0.270. The highest BCUT2D eigenvalue weighted by Crippen LogP contribution is 2.08. The summed E-state index contributed by atoms with van der Waals surface area (Å²) in [7, 11) is 1.21. The van der Waals surface area contributed by atoms with Crippen molar-refractivity contribution < 1.29 is 38.1 Å². The topological polar surface area (TPSA) is 129 Å². The van der Waals surface area contributed by atoms with E-state index in [2.05, 4.69) is 17.2 Å². The van der Waals surface area contributed by atoms with Crippen LogP contribution in [-0.2, 0) is 39.9 Å². The molecule has 33 heavy (non-hydrogen) atoms. The molecule has 0 aromatic heterocycles. The van der Waals surface area contributed by atoms with Crippen LogP contribution in [-0.4, -0.2) is 62.0 Å². The molecular weight excluding hydrogens is 432 g/mol. The third-order valence-corrected chi connectivity index (χ3v) is 3.98. The Labute approximate surface area is 193 Å². The molecule has 1 aromatic carbocycles. The van der Waals surface area contributed by atoms with Gasteiger partial charge in [0.1, 0.15) is 30.9 Å². The lowest BCUT2D eigenvalue weighted by Crippen LogP contribution is -2.47. The predicted octanol–water partition coefficient (Wildman–Crippen LogP) is 1.87. The Morgan fingerprint density at radius 2 is 1.70 bits per heavy atom.